The molecule has 0 amide bonds. The average molecular weight is 400 g/mol. The van der Waals surface area contributed by atoms with Crippen LogP contribution in [0.5, 0.6) is 11.5 Å². The Balaban J connectivity index is 1.99. The van der Waals surface area contributed by atoms with E-state index in [1.165, 1.54) is 0 Å². The molecule has 0 spiro atoms. The van der Waals surface area contributed by atoms with E-state index in [1.54, 1.807) is 14.2 Å². The number of aliphatic hydroxyl groups is 1. The SMILES string of the molecule is COc1ccc(-c2nc(-c3ccccc3)c(-c3ccccc3)n2CCO)cc1OC. The molecule has 0 saturated heterocycles. The van der Waals surface area contributed by atoms with Crippen LogP contribution >= 0.6 is 0 Å². The first-order chi connectivity index (χ1) is 14.8. The third-order valence-corrected chi connectivity index (χ3v) is 5.03. The van der Waals surface area contributed by atoms with Gasteiger partial charge in [-0.3, -0.25) is 0 Å². The molecule has 30 heavy (non-hydrogen) atoms. The summed E-state index contributed by atoms with van der Waals surface area (Å²) in [6.45, 7) is 0.429. The maximum Gasteiger partial charge on any atom is 0.161 e. The van der Waals surface area contributed by atoms with Crippen LogP contribution in [0.1, 0.15) is 0 Å². The Kier molecular flexibility index (Phi) is 5.82. The summed E-state index contributed by atoms with van der Waals surface area (Å²) in [7, 11) is 3.23. The number of benzene rings is 3. The highest BCUT2D eigenvalue weighted by Gasteiger charge is 2.21. The molecule has 1 N–H and O–H groups in total. The van der Waals surface area contributed by atoms with Crippen molar-refractivity contribution in [3.63, 3.8) is 0 Å². The smallest absolute Gasteiger partial charge is 0.161 e. The Morgan fingerprint density at radius 2 is 1.40 bits per heavy atom. The normalized spacial score (nSPS) is 10.8. The van der Waals surface area contributed by atoms with Crippen LogP contribution in [0.3, 0.4) is 0 Å². The van der Waals surface area contributed by atoms with Gasteiger partial charge in [0, 0.05) is 23.2 Å². The number of rotatable bonds is 7. The third-order valence-electron chi connectivity index (χ3n) is 5.03. The van der Waals surface area contributed by atoms with Crippen LogP contribution in [-0.4, -0.2) is 35.5 Å². The van der Waals surface area contributed by atoms with Crippen molar-refractivity contribution < 1.29 is 14.6 Å². The van der Waals surface area contributed by atoms with E-state index in [0.717, 1.165) is 33.9 Å². The van der Waals surface area contributed by atoms with Gasteiger partial charge in [-0.05, 0) is 18.2 Å². The summed E-state index contributed by atoms with van der Waals surface area (Å²) in [5, 5.41) is 9.83. The minimum atomic E-state index is 0.00468. The van der Waals surface area contributed by atoms with Crippen LogP contribution in [0.2, 0.25) is 0 Å². The zero-order valence-electron chi connectivity index (χ0n) is 17.1. The second-order valence-corrected chi connectivity index (χ2v) is 6.81. The van der Waals surface area contributed by atoms with E-state index >= 15 is 0 Å². The molecule has 0 saturated carbocycles. The molecule has 4 rings (SSSR count). The van der Waals surface area contributed by atoms with Crippen molar-refractivity contribution in [1.29, 1.82) is 0 Å². The first-order valence-corrected chi connectivity index (χ1v) is 9.81. The monoisotopic (exact) mass is 400 g/mol. The number of hydrogen-bond acceptors (Lipinski definition) is 4. The van der Waals surface area contributed by atoms with Gasteiger partial charge in [0.15, 0.2) is 11.5 Å². The largest absolute Gasteiger partial charge is 0.493 e. The van der Waals surface area contributed by atoms with Crippen LogP contribution in [-0.2, 0) is 6.54 Å². The van der Waals surface area contributed by atoms with Crippen LogP contribution in [0.25, 0.3) is 33.9 Å². The van der Waals surface area contributed by atoms with Gasteiger partial charge in [-0.1, -0.05) is 60.7 Å². The number of ether oxygens (including phenoxy) is 2. The maximum absolute atomic E-state index is 9.83. The average Bonchev–Trinajstić information content (AvgIpc) is 3.19. The van der Waals surface area contributed by atoms with E-state index in [-0.39, 0.29) is 6.61 Å². The van der Waals surface area contributed by atoms with Gasteiger partial charge >= 0.3 is 0 Å². The topological polar surface area (TPSA) is 56.5 Å². The molecule has 0 aliphatic heterocycles. The van der Waals surface area contributed by atoms with Crippen LogP contribution in [0.15, 0.2) is 78.9 Å². The fraction of sp³-hybridized carbons (Fsp3) is 0.160. The minimum absolute atomic E-state index is 0.00468. The molecule has 0 aliphatic rings. The first kappa shape index (κ1) is 19.7. The zero-order chi connectivity index (χ0) is 20.9. The molecular formula is C25H24N2O3. The first-order valence-electron chi connectivity index (χ1n) is 9.81. The Morgan fingerprint density at radius 1 is 0.767 bits per heavy atom. The highest BCUT2D eigenvalue weighted by molar-refractivity contribution is 5.82. The fourth-order valence-electron chi connectivity index (χ4n) is 3.65. The maximum atomic E-state index is 9.83. The number of nitrogens with zero attached hydrogens (tertiary/aromatic N) is 2. The van der Waals surface area contributed by atoms with Crippen LogP contribution < -0.4 is 9.47 Å². The lowest BCUT2D eigenvalue weighted by atomic mass is 10.0. The molecule has 4 aromatic rings. The highest BCUT2D eigenvalue weighted by Crippen LogP contribution is 2.38. The molecular weight excluding hydrogens is 376 g/mol. The molecule has 0 atom stereocenters. The van der Waals surface area contributed by atoms with Gasteiger partial charge in [-0.2, -0.15) is 0 Å². The van der Waals surface area contributed by atoms with Crippen LogP contribution in [0.4, 0.5) is 0 Å². The molecule has 0 bridgehead atoms. The lowest BCUT2D eigenvalue weighted by molar-refractivity contribution is 0.277. The number of aliphatic hydroxyl groups excluding tert-OH is 1. The molecule has 1 heterocycles. The van der Waals surface area contributed by atoms with Gasteiger partial charge in [0.2, 0.25) is 0 Å². The zero-order valence-corrected chi connectivity index (χ0v) is 17.1. The van der Waals surface area contributed by atoms with E-state index in [4.69, 9.17) is 14.5 Å². The lowest BCUT2D eigenvalue weighted by Crippen LogP contribution is -2.06. The van der Waals surface area contributed by atoms with Crippen molar-refractivity contribution in [3.8, 4) is 45.4 Å². The molecule has 0 aliphatic carbocycles. The second-order valence-electron chi connectivity index (χ2n) is 6.81. The van der Waals surface area contributed by atoms with Crippen molar-refractivity contribution >= 4 is 0 Å². The van der Waals surface area contributed by atoms with Gasteiger partial charge in [-0.25, -0.2) is 4.98 Å². The summed E-state index contributed by atoms with van der Waals surface area (Å²) in [4.78, 5) is 5.03. The van der Waals surface area contributed by atoms with E-state index < -0.39 is 0 Å². The molecule has 152 valence electrons. The summed E-state index contributed by atoms with van der Waals surface area (Å²) in [5.41, 5.74) is 4.81. The second kappa shape index (κ2) is 8.84. The van der Waals surface area contributed by atoms with Gasteiger partial charge < -0.3 is 19.1 Å². The lowest BCUT2D eigenvalue weighted by Gasteiger charge is -2.13. The van der Waals surface area contributed by atoms with Gasteiger partial charge in [-0.15, -0.1) is 0 Å². The summed E-state index contributed by atoms with van der Waals surface area (Å²) >= 11 is 0. The number of methoxy groups -OCH3 is 2. The molecule has 0 radical (unpaired) electrons. The quantitative estimate of drug-likeness (QED) is 0.480. The third kappa shape index (κ3) is 3.67. The number of imidazole rings is 1. The molecule has 0 unspecified atom stereocenters. The number of aromatic nitrogens is 2. The molecule has 0 fully saturated rings. The Morgan fingerprint density at radius 3 is 2.00 bits per heavy atom. The van der Waals surface area contributed by atoms with Crippen molar-refractivity contribution in [2.75, 3.05) is 20.8 Å². The van der Waals surface area contributed by atoms with Crippen molar-refractivity contribution in [2.24, 2.45) is 0 Å². The van der Waals surface area contributed by atoms with Crippen molar-refractivity contribution in [1.82, 2.24) is 9.55 Å². The molecule has 5 nitrogen and oxygen atoms in total. The summed E-state index contributed by atoms with van der Waals surface area (Å²) in [6.07, 6.45) is 0. The molecule has 3 aromatic carbocycles. The summed E-state index contributed by atoms with van der Waals surface area (Å²) in [6, 6.07) is 26.0. The fourth-order valence-corrected chi connectivity index (χ4v) is 3.65. The predicted molar refractivity (Wildman–Crippen MR) is 119 cm³/mol. The van der Waals surface area contributed by atoms with Crippen LogP contribution in [0, 0.1) is 0 Å². The predicted octanol–water partition coefficient (Wildman–Crippen LogP) is 4.89. The van der Waals surface area contributed by atoms with Gasteiger partial charge in [0.25, 0.3) is 0 Å². The van der Waals surface area contributed by atoms with Crippen molar-refractivity contribution in [3.05, 3.63) is 78.9 Å². The highest BCUT2D eigenvalue weighted by atomic mass is 16.5. The van der Waals surface area contributed by atoms with Gasteiger partial charge in [0.1, 0.15) is 5.82 Å². The number of hydrogen-bond donors (Lipinski definition) is 1. The summed E-state index contributed by atoms with van der Waals surface area (Å²) < 4.78 is 12.9. The van der Waals surface area contributed by atoms with Gasteiger partial charge in [0.05, 0.1) is 32.2 Å². The Bertz CT molecular complexity index is 1120. The minimum Gasteiger partial charge on any atom is -0.493 e. The van der Waals surface area contributed by atoms with E-state index in [2.05, 4.69) is 28.8 Å². The molecule has 5 heteroatoms. The van der Waals surface area contributed by atoms with Crippen molar-refractivity contribution in [2.45, 2.75) is 6.54 Å². The van der Waals surface area contributed by atoms with E-state index in [1.807, 2.05) is 54.6 Å². The Labute approximate surface area is 176 Å². The standard InChI is InChI=1S/C25H24N2O3/c1-29-21-14-13-20(17-22(21)30-2)25-26-23(18-9-5-3-6-10-18)24(27(25)15-16-28)19-11-7-4-8-12-19/h3-14,17,28H,15-16H2,1-2H3. The van der Waals surface area contributed by atoms with E-state index in [0.29, 0.717) is 18.0 Å². The molecule has 1 aromatic heterocycles. The summed E-state index contributed by atoms with van der Waals surface area (Å²) in [5.74, 6) is 2.06. The Hall–Kier alpha value is -3.57. The van der Waals surface area contributed by atoms with E-state index in [9.17, 15) is 5.11 Å².